The Morgan fingerprint density at radius 3 is 2.47 bits per heavy atom. The van der Waals surface area contributed by atoms with Crippen molar-refractivity contribution in [3.8, 4) is 5.75 Å². The lowest BCUT2D eigenvalue weighted by atomic mass is 10.0. The summed E-state index contributed by atoms with van der Waals surface area (Å²) in [6.45, 7) is 3.34. The second-order valence-electron chi connectivity index (χ2n) is 7.49. The minimum absolute atomic E-state index is 0.0335. The fourth-order valence-electron chi connectivity index (χ4n) is 4.25. The average Bonchev–Trinajstić information content (AvgIpc) is 3.06. The number of methoxy groups -OCH3 is 1. The first-order chi connectivity index (χ1) is 14.6. The standard InChI is InChI=1S/C23H27N3O4/c1-3-30-23(28)25-14-12-17(13-15-25)26-21(19-6-4-5-7-20(19)22(26)27)24-16-8-10-18(29-2)11-9-16/h4-11,17,21,24H,3,12-15H2,1-2H3. The van der Waals surface area contributed by atoms with E-state index in [1.165, 1.54) is 0 Å². The summed E-state index contributed by atoms with van der Waals surface area (Å²) in [7, 11) is 1.64. The largest absolute Gasteiger partial charge is 0.497 e. The van der Waals surface area contributed by atoms with Crippen LogP contribution < -0.4 is 10.1 Å². The van der Waals surface area contributed by atoms with Crippen LogP contribution in [0.15, 0.2) is 48.5 Å². The van der Waals surface area contributed by atoms with E-state index < -0.39 is 0 Å². The molecule has 1 N–H and O–H groups in total. The lowest BCUT2D eigenvalue weighted by Crippen LogP contribution is -2.49. The molecule has 7 heteroatoms. The molecule has 1 unspecified atom stereocenters. The molecule has 7 nitrogen and oxygen atoms in total. The number of nitrogens with zero attached hydrogens (tertiary/aromatic N) is 2. The first-order valence-electron chi connectivity index (χ1n) is 10.4. The van der Waals surface area contributed by atoms with Crippen LogP contribution in [0.3, 0.4) is 0 Å². The van der Waals surface area contributed by atoms with Crippen molar-refractivity contribution in [2.45, 2.75) is 32.0 Å². The van der Waals surface area contributed by atoms with Gasteiger partial charge in [-0.1, -0.05) is 18.2 Å². The number of nitrogens with one attached hydrogen (secondary N) is 1. The molecule has 2 aliphatic rings. The molecule has 4 rings (SSSR count). The third kappa shape index (κ3) is 3.79. The van der Waals surface area contributed by atoms with E-state index in [4.69, 9.17) is 9.47 Å². The number of benzene rings is 2. The van der Waals surface area contributed by atoms with Crippen molar-refractivity contribution in [3.63, 3.8) is 0 Å². The van der Waals surface area contributed by atoms with E-state index in [0.29, 0.717) is 19.7 Å². The van der Waals surface area contributed by atoms with Crippen LogP contribution in [0.4, 0.5) is 10.5 Å². The van der Waals surface area contributed by atoms with Crippen LogP contribution >= 0.6 is 0 Å². The first kappa shape index (κ1) is 20.1. The predicted octanol–water partition coefficient (Wildman–Crippen LogP) is 3.88. The normalized spacial score (nSPS) is 18.9. The van der Waals surface area contributed by atoms with Gasteiger partial charge in [0.25, 0.3) is 5.91 Å². The second-order valence-corrected chi connectivity index (χ2v) is 7.49. The maximum absolute atomic E-state index is 13.3. The topological polar surface area (TPSA) is 71.1 Å². The van der Waals surface area contributed by atoms with Crippen molar-refractivity contribution in [1.29, 1.82) is 0 Å². The number of carbonyl (C=O) groups excluding carboxylic acids is 2. The summed E-state index contributed by atoms with van der Waals surface area (Å²) in [4.78, 5) is 29.0. The van der Waals surface area contributed by atoms with Crippen LogP contribution in [0, 0.1) is 0 Å². The number of likely N-dealkylation sites (tertiary alicyclic amines) is 1. The molecule has 0 spiro atoms. The third-order valence-electron chi connectivity index (χ3n) is 5.78. The highest BCUT2D eigenvalue weighted by Gasteiger charge is 2.42. The Kier molecular flexibility index (Phi) is 5.79. The molecule has 0 aliphatic carbocycles. The van der Waals surface area contributed by atoms with Crippen LogP contribution in [0.5, 0.6) is 5.75 Å². The fourth-order valence-corrected chi connectivity index (χ4v) is 4.25. The molecule has 1 atom stereocenters. The molecule has 0 bridgehead atoms. The van der Waals surface area contributed by atoms with Gasteiger partial charge in [-0.05, 0) is 50.1 Å². The first-order valence-corrected chi connectivity index (χ1v) is 10.4. The smallest absolute Gasteiger partial charge is 0.409 e. The molecular formula is C23H27N3O4. The molecule has 0 radical (unpaired) electrons. The van der Waals surface area contributed by atoms with Gasteiger partial charge in [-0.15, -0.1) is 0 Å². The number of amides is 2. The Bertz CT molecular complexity index is 907. The Labute approximate surface area is 176 Å². The maximum atomic E-state index is 13.3. The van der Waals surface area contributed by atoms with Crippen LogP contribution in [0.25, 0.3) is 0 Å². The Morgan fingerprint density at radius 2 is 1.80 bits per heavy atom. The van der Waals surface area contributed by atoms with Gasteiger partial charge in [0.15, 0.2) is 0 Å². The number of ether oxygens (including phenoxy) is 2. The van der Waals surface area contributed by atoms with E-state index in [-0.39, 0.29) is 24.2 Å². The molecule has 1 saturated heterocycles. The Hall–Kier alpha value is -3.22. The van der Waals surface area contributed by atoms with Crippen molar-refractivity contribution in [3.05, 3.63) is 59.7 Å². The van der Waals surface area contributed by atoms with Crippen molar-refractivity contribution < 1.29 is 19.1 Å². The zero-order valence-corrected chi connectivity index (χ0v) is 17.3. The summed E-state index contributed by atoms with van der Waals surface area (Å²) < 4.78 is 10.4. The Morgan fingerprint density at radius 1 is 1.10 bits per heavy atom. The molecule has 1 fully saturated rings. The van der Waals surface area contributed by atoms with E-state index in [9.17, 15) is 9.59 Å². The zero-order valence-electron chi connectivity index (χ0n) is 17.3. The lowest BCUT2D eigenvalue weighted by molar-refractivity contribution is 0.0496. The van der Waals surface area contributed by atoms with Crippen molar-refractivity contribution >= 4 is 17.7 Å². The van der Waals surface area contributed by atoms with Gasteiger partial charge in [-0.3, -0.25) is 4.79 Å². The Balaban J connectivity index is 1.55. The molecule has 158 valence electrons. The van der Waals surface area contributed by atoms with Gasteiger partial charge in [0.05, 0.1) is 13.7 Å². The van der Waals surface area contributed by atoms with Crippen molar-refractivity contribution in [2.75, 3.05) is 32.1 Å². The predicted molar refractivity (Wildman–Crippen MR) is 114 cm³/mol. The monoisotopic (exact) mass is 409 g/mol. The summed E-state index contributed by atoms with van der Waals surface area (Å²) >= 11 is 0. The molecule has 0 aromatic heterocycles. The number of anilines is 1. The molecule has 2 aromatic rings. The molecule has 2 aliphatic heterocycles. The summed E-state index contributed by atoms with van der Waals surface area (Å²) in [6, 6.07) is 15.5. The number of fused-ring (bicyclic) bond motifs is 1. The van der Waals surface area contributed by atoms with E-state index in [0.717, 1.165) is 35.4 Å². The van der Waals surface area contributed by atoms with Gasteiger partial charge >= 0.3 is 6.09 Å². The van der Waals surface area contributed by atoms with E-state index in [1.54, 1.807) is 18.9 Å². The van der Waals surface area contributed by atoms with Crippen LogP contribution in [0.1, 0.15) is 41.9 Å². The zero-order chi connectivity index (χ0) is 21.1. The van der Waals surface area contributed by atoms with Gasteiger partial charge in [0.1, 0.15) is 11.9 Å². The third-order valence-corrected chi connectivity index (χ3v) is 5.78. The van der Waals surface area contributed by atoms with Crippen molar-refractivity contribution in [2.24, 2.45) is 0 Å². The SMILES string of the molecule is CCOC(=O)N1CCC(N2C(=O)c3ccccc3C2Nc2ccc(OC)cc2)CC1. The van der Waals surface area contributed by atoms with Gasteiger partial charge in [0.2, 0.25) is 0 Å². The minimum Gasteiger partial charge on any atom is -0.497 e. The molecule has 2 aromatic carbocycles. The average molecular weight is 409 g/mol. The number of hydrogen-bond acceptors (Lipinski definition) is 5. The van der Waals surface area contributed by atoms with E-state index in [2.05, 4.69) is 5.32 Å². The van der Waals surface area contributed by atoms with Crippen LogP contribution in [0.2, 0.25) is 0 Å². The number of carbonyl (C=O) groups is 2. The van der Waals surface area contributed by atoms with Gasteiger partial charge in [0, 0.05) is 35.9 Å². The summed E-state index contributed by atoms with van der Waals surface area (Å²) in [5.74, 6) is 0.817. The highest BCUT2D eigenvalue weighted by atomic mass is 16.6. The lowest BCUT2D eigenvalue weighted by Gasteiger charge is -2.39. The van der Waals surface area contributed by atoms with Gasteiger partial charge in [-0.25, -0.2) is 4.79 Å². The summed E-state index contributed by atoms with van der Waals surface area (Å²) in [5.41, 5.74) is 2.63. The quantitative estimate of drug-likeness (QED) is 0.811. The van der Waals surface area contributed by atoms with E-state index in [1.807, 2.05) is 53.4 Å². The maximum Gasteiger partial charge on any atom is 0.409 e. The minimum atomic E-state index is -0.278. The summed E-state index contributed by atoms with van der Waals surface area (Å²) in [6.07, 6.45) is 0.916. The van der Waals surface area contributed by atoms with Gasteiger partial charge in [-0.2, -0.15) is 0 Å². The van der Waals surface area contributed by atoms with Gasteiger partial charge < -0.3 is 24.6 Å². The number of rotatable bonds is 5. The summed E-state index contributed by atoms with van der Waals surface area (Å²) in [5, 5.41) is 3.52. The fraction of sp³-hybridized carbons (Fsp3) is 0.391. The van der Waals surface area contributed by atoms with E-state index >= 15 is 0 Å². The molecule has 2 amide bonds. The second kappa shape index (κ2) is 8.65. The molecule has 30 heavy (non-hydrogen) atoms. The molecule has 0 saturated carbocycles. The van der Waals surface area contributed by atoms with Crippen LogP contribution in [-0.2, 0) is 4.74 Å². The highest BCUT2D eigenvalue weighted by Crippen LogP contribution is 2.38. The molecular weight excluding hydrogens is 382 g/mol. The highest BCUT2D eigenvalue weighted by molar-refractivity contribution is 5.99. The molecule has 2 heterocycles. The van der Waals surface area contributed by atoms with Crippen LogP contribution in [-0.4, -0.2) is 54.6 Å². The number of piperidine rings is 1. The van der Waals surface area contributed by atoms with Crippen molar-refractivity contribution in [1.82, 2.24) is 9.80 Å². The number of hydrogen-bond donors (Lipinski definition) is 1.